The normalized spacial score (nSPS) is 29.1. The first kappa shape index (κ1) is 4.57. The summed E-state index contributed by atoms with van der Waals surface area (Å²) in [6, 6.07) is 0. The lowest BCUT2D eigenvalue weighted by Gasteiger charge is -2.16. The minimum Gasteiger partial charge on any atom is -0.294 e. The molecule has 0 aromatic heterocycles. The third-order valence-corrected chi connectivity index (χ3v) is 1.48. The zero-order valence-corrected chi connectivity index (χ0v) is 4.56. The largest absolute Gasteiger partial charge is 0.294 e. The molecule has 0 spiro atoms. The van der Waals surface area contributed by atoms with Crippen molar-refractivity contribution >= 4 is 5.78 Å². The molecule has 0 radical (unpaired) electrons. The van der Waals surface area contributed by atoms with Crippen LogP contribution in [0.4, 0.5) is 0 Å². The first-order valence-electron chi connectivity index (χ1n) is 2.44. The van der Waals surface area contributed by atoms with Crippen LogP contribution in [0.15, 0.2) is 11.6 Å². The Morgan fingerprint density at radius 1 is 1.71 bits per heavy atom. The third-order valence-electron chi connectivity index (χ3n) is 1.48. The molecule has 1 rings (SSSR count). The maximum Gasteiger partial charge on any atom is 0.162 e. The second kappa shape index (κ2) is 1.19. The van der Waals surface area contributed by atoms with Crippen molar-refractivity contribution in [3.8, 4) is 0 Å². The standard InChI is InChI=1S/C6H8O/c1-4-3-6(7)5(4)2/h3,5H,1-2H3. The van der Waals surface area contributed by atoms with E-state index >= 15 is 0 Å². The predicted molar refractivity (Wildman–Crippen MR) is 27.9 cm³/mol. The van der Waals surface area contributed by atoms with Crippen molar-refractivity contribution in [2.24, 2.45) is 5.92 Å². The van der Waals surface area contributed by atoms with Gasteiger partial charge in [0.2, 0.25) is 0 Å². The Morgan fingerprint density at radius 3 is 2.29 bits per heavy atom. The molecule has 1 unspecified atom stereocenters. The Hall–Kier alpha value is -0.590. The molecule has 0 aromatic carbocycles. The molecule has 7 heavy (non-hydrogen) atoms. The highest BCUT2D eigenvalue weighted by Gasteiger charge is 2.20. The van der Waals surface area contributed by atoms with Gasteiger partial charge in [-0.05, 0) is 13.0 Å². The maximum atomic E-state index is 10.4. The average Bonchev–Trinajstić information content (AvgIpc) is 1.68. The van der Waals surface area contributed by atoms with Gasteiger partial charge in [-0.3, -0.25) is 4.79 Å². The fraction of sp³-hybridized carbons (Fsp3) is 0.500. The van der Waals surface area contributed by atoms with Crippen LogP contribution in [0.2, 0.25) is 0 Å². The summed E-state index contributed by atoms with van der Waals surface area (Å²) in [5.41, 5.74) is 1.21. The zero-order chi connectivity index (χ0) is 5.44. The molecule has 38 valence electrons. The second-order valence-electron chi connectivity index (χ2n) is 2.01. The van der Waals surface area contributed by atoms with Crippen molar-refractivity contribution in [2.75, 3.05) is 0 Å². The van der Waals surface area contributed by atoms with Crippen molar-refractivity contribution in [2.45, 2.75) is 13.8 Å². The number of rotatable bonds is 0. The van der Waals surface area contributed by atoms with Gasteiger partial charge in [0.1, 0.15) is 0 Å². The van der Waals surface area contributed by atoms with E-state index in [1.165, 1.54) is 5.57 Å². The lowest BCUT2D eigenvalue weighted by Crippen LogP contribution is -2.19. The summed E-state index contributed by atoms with van der Waals surface area (Å²) in [5, 5.41) is 0. The van der Waals surface area contributed by atoms with E-state index in [0.717, 1.165) is 0 Å². The Labute approximate surface area is 43.0 Å². The fourth-order valence-electron chi connectivity index (χ4n) is 0.603. The van der Waals surface area contributed by atoms with Gasteiger partial charge in [-0.2, -0.15) is 0 Å². The summed E-state index contributed by atoms with van der Waals surface area (Å²) in [4.78, 5) is 10.4. The molecular formula is C6H8O. The van der Waals surface area contributed by atoms with Gasteiger partial charge < -0.3 is 0 Å². The molecule has 0 amide bonds. The van der Waals surface area contributed by atoms with Crippen LogP contribution in [0, 0.1) is 5.92 Å². The predicted octanol–water partition coefficient (Wildman–Crippen LogP) is 1.15. The molecule has 1 heteroatoms. The molecule has 0 saturated carbocycles. The topological polar surface area (TPSA) is 17.1 Å². The van der Waals surface area contributed by atoms with Crippen LogP contribution < -0.4 is 0 Å². The van der Waals surface area contributed by atoms with Gasteiger partial charge in [-0.1, -0.05) is 12.5 Å². The van der Waals surface area contributed by atoms with E-state index in [4.69, 9.17) is 0 Å². The van der Waals surface area contributed by atoms with Crippen molar-refractivity contribution < 1.29 is 4.79 Å². The highest BCUT2D eigenvalue weighted by atomic mass is 16.1. The Morgan fingerprint density at radius 2 is 2.29 bits per heavy atom. The van der Waals surface area contributed by atoms with E-state index in [-0.39, 0.29) is 11.7 Å². The third kappa shape index (κ3) is 0.483. The minimum absolute atomic E-state index is 0.222. The first-order valence-corrected chi connectivity index (χ1v) is 2.44. The highest BCUT2D eigenvalue weighted by molar-refractivity contribution is 6.00. The Balaban J connectivity index is 2.75. The summed E-state index contributed by atoms with van der Waals surface area (Å²) in [5.74, 6) is 0.498. The molecule has 1 nitrogen and oxygen atoms in total. The average molecular weight is 96.1 g/mol. The van der Waals surface area contributed by atoms with Crippen LogP contribution in [0.25, 0.3) is 0 Å². The molecule has 0 aliphatic heterocycles. The molecule has 0 bridgehead atoms. The van der Waals surface area contributed by atoms with E-state index in [1.807, 2.05) is 13.8 Å². The van der Waals surface area contributed by atoms with Crippen LogP contribution in [-0.4, -0.2) is 5.78 Å². The number of ketones is 1. The summed E-state index contributed by atoms with van der Waals surface area (Å²) in [6.07, 6.45) is 1.69. The zero-order valence-electron chi connectivity index (χ0n) is 4.56. The van der Waals surface area contributed by atoms with Crippen LogP contribution in [-0.2, 0) is 4.79 Å². The summed E-state index contributed by atoms with van der Waals surface area (Å²) < 4.78 is 0. The molecule has 0 aromatic rings. The molecule has 0 saturated heterocycles. The number of hydrogen-bond donors (Lipinski definition) is 0. The van der Waals surface area contributed by atoms with Crippen molar-refractivity contribution in [3.05, 3.63) is 11.6 Å². The summed E-state index contributed by atoms with van der Waals surface area (Å²) in [7, 11) is 0. The van der Waals surface area contributed by atoms with Gasteiger partial charge in [0, 0.05) is 5.92 Å². The lowest BCUT2D eigenvalue weighted by atomic mass is 9.87. The van der Waals surface area contributed by atoms with E-state index in [9.17, 15) is 4.79 Å². The van der Waals surface area contributed by atoms with Gasteiger partial charge in [-0.15, -0.1) is 0 Å². The number of allylic oxidation sites excluding steroid dienone is 2. The fourth-order valence-corrected chi connectivity index (χ4v) is 0.603. The van der Waals surface area contributed by atoms with E-state index in [1.54, 1.807) is 6.08 Å². The van der Waals surface area contributed by atoms with Crippen molar-refractivity contribution in [1.29, 1.82) is 0 Å². The Bertz CT molecular complexity index is 133. The van der Waals surface area contributed by atoms with Gasteiger partial charge in [0.25, 0.3) is 0 Å². The van der Waals surface area contributed by atoms with Gasteiger partial charge in [0.15, 0.2) is 5.78 Å². The van der Waals surface area contributed by atoms with Crippen molar-refractivity contribution in [1.82, 2.24) is 0 Å². The molecule has 1 atom stereocenters. The SMILES string of the molecule is CC1=CC(=O)C1C. The number of hydrogen-bond acceptors (Lipinski definition) is 1. The molecule has 0 fully saturated rings. The van der Waals surface area contributed by atoms with Gasteiger partial charge >= 0.3 is 0 Å². The van der Waals surface area contributed by atoms with E-state index in [2.05, 4.69) is 0 Å². The summed E-state index contributed by atoms with van der Waals surface area (Å²) in [6.45, 7) is 3.91. The van der Waals surface area contributed by atoms with Gasteiger partial charge in [-0.25, -0.2) is 0 Å². The second-order valence-corrected chi connectivity index (χ2v) is 2.01. The quantitative estimate of drug-likeness (QED) is 0.442. The van der Waals surface area contributed by atoms with Crippen molar-refractivity contribution in [3.63, 3.8) is 0 Å². The molecule has 0 heterocycles. The highest BCUT2D eigenvalue weighted by Crippen LogP contribution is 2.20. The van der Waals surface area contributed by atoms with Gasteiger partial charge in [0.05, 0.1) is 0 Å². The molecule has 0 N–H and O–H groups in total. The number of carbonyl (C=O) groups is 1. The summed E-state index contributed by atoms with van der Waals surface area (Å²) >= 11 is 0. The van der Waals surface area contributed by atoms with E-state index in [0.29, 0.717) is 0 Å². The van der Waals surface area contributed by atoms with Crippen LogP contribution >= 0.6 is 0 Å². The first-order chi connectivity index (χ1) is 3.22. The lowest BCUT2D eigenvalue weighted by molar-refractivity contribution is -0.118. The minimum atomic E-state index is 0.222. The van der Waals surface area contributed by atoms with Crippen LogP contribution in [0.3, 0.4) is 0 Å². The maximum absolute atomic E-state index is 10.4. The monoisotopic (exact) mass is 96.1 g/mol. The van der Waals surface area contributed by atoms with Crippen LogP contribution in [0.5, 0.6) is 0 Å². The molecule has 1 aliphatic rings. The van der Waals surface area contributed by atoms with Crippen LogP contribution in [0.1, 0.15) is 13.8 Å². The number of carbonyl (C=O) groups excluding carboxylic acids is 1. The molecule has 1 aliphatic carbocycles. The molecular weight excluding hydrogens is 88.1 g/mol. The Kier molecular flexibility index (Phi) is 0.775. The van der Waals surface area contributed by atoms with E-state index < -0.39 is 0 Å². The smallest absolute Gasteiger partial charge is 0.162 e.